The van der Waals surface area contributed by atoms with Gasteiger partial charge in [0.05, 0.1) is 0 Å². The molecule has 2 aromatic rings. The maximum atomic E-state index is 10.7. The second-order valence-electron chi connectivity index (χ2n) is 2.85. The van der Waals surface area contributed by atoms with Crippen LogP contribution in [0.15, 0.2) is 23.1 Å². The molecule has 2 rings (SSSR count). The van der Waals surface area contributed by atoms with Gasteiger partial charge in [-0.1, -0.05) is 18.2 Å². The van der Waals surface area contributed by atoms with Crippen LogP contribution < -0.4 is 0 Å². The van der Waals surface area contributed by atoms with E-state index >= 15 is 0 Å². The summed E-state index contributed by atoms with van der Waals surface area (Å²) in [5.41, 5.74) is 0.755. The first kappa shape index (κ1) is 8.78. The largest absolute Gasteiger partial charge is 0.298 e. The van der Waals surface area contributed by atoms with Gasteiger partial charge in [-0.25, -0.2) is 0 Å². The topological polar surface area (TPSA) is 17.1 Å². The van der Waals surface area contributed by atoms with Crippen molar-refractivity contribution in [3.05, 3.63) is 28.6 Å². The van der Waals surface area contributed by atoms with Gasteiger partial charge in [0.25, 0.3) is 0 Å². The Bertz CT molecular complexity index is 471. The van der Waals surface area contributed by atoms with Gasteiger partial charge in [-0.2, -0.15) is 0 Å². The zero-order valence-electron chi connectivity index (χ0n) is 7.07. The standard InChI is InChI=1S/C10H8OS2/c1-6-9(12)8-4-2-3-7(5-11)10(8)13-6/h2-5,12H,1H3. The molecular formula is C10H8OS2. The van der Waals surface area contributed by atoms with Gasteiger partial charge in [0.1, 0.15) is 0 Å². The smallest absolute Gasteiger partial charge is 0.151 e. The summed E-state index contributed by atoms with van der Waals surface area (Å²) in [6, 6.07) is 5.71. The van der Waals surface area contributed by atoms with E-state index in [1.807, 2.05) is 25.1 Å². The number of hydrogen-bond acceptors (Lipinski definition) is 3. The number of aldehydes is 1. The molecule has 0 radical (unpaired) electrons. The van der Waals surface area contributed by atoms with Crippen LogP contribution in [-0.4, -0.2) is 6.29 Å². The quantitative estimate of drug-likeness (QED) is 0.562. The van der Waals surface area contributed by atoms with Crippen molar-refractivity contribution in [2.45, 2.75) is 11.8 Å². The molecule has 1 heterocycles. The third kappa shape index (κ3) is 1.28. The molecule has 66 valence electrons. The van der Waals surface area contributed by atoms with Crippen molar-refractivity contribution in [1.29, 1.82) is 0 Å². The molecule has 0 amide bonds. The van der Waals surface area contributed by atoms with Crippen molar-refractivity contribution in [3.63, 3.8) is 0 Å². The molecular weight excluding hydrogens is 200 g/mol. The molecule has 1 aromatic carbocycles. The van der Waals surface area contributed by atoms with E-state index in [1.54, 1.807) is 11.3 Å². The fourth-order valence-corrected chi connectivity index (χ4v) is 2.76. The van der Waals surface area contributed by atoms with Crippen molar-refractivity contribution < 1.29 is 4.79 Å². The molecule has 0 atom stereocenters. The summed E-state index contributed by atoms with van der Waals surface area (Å²) in [6.45, 7) is 2.02. The van der Waals surface area contributed by atoms with Crippen molar-refractivity contribution in [3.8, 4) is 0 Å². The van der Waals surface area contributed by atoms with Crippen LogP contribution in [0.25, 0.3) is 10.1 Å². The van der Waals surface area contributed by atoms with Crippen LogP contribution in [-0.2, 0) is 0 Å². The molecule has 3 heteroatoms. The number of hydrogen-bond donors (Lipinski definition) is 1. The number of aryl methyl sites for hydroxylation is 1. The van der Waals surface area contributed by atoms with Crippen LogP contribution in [0.2, 0.25) is 0 Å². The van der Waals surface area contributed by atoms with Gasteiger partial charge >= 0.3 is 0 Å². The Morgan fingerprint density at radius 1 is 1.46 bits per heavy atom. The van der Waals surface area contributed by atoms with Crippen molar-refractivity contribution in [2.24, 2.45) is 0 Å². The maximum absolute atomic E-state index is 10.7. The normalized spacial score (nSPS) is 10.6. The number of benzene rings is 1. The molecule has 0 aliphatic heterocycles. The highest BCUT2D eigenvalue weighted by Crippen LogP contribution is 2.34. The number of thiol groups is 1. The number of rotatable bonds is 1. The lowest BCUT2D eigenvalue weighted by atomic mass is 10.2. The summed E-state index contributed by atoms with van der Waals surface area (Å²) < 4.78 is 1.04. The fourth-order valence-electron chi connectivity index (χ4n) is 1.34. The average molecular weight is 208 g/mol. The van der Waals surface area contributed by atoms with E-state index in [0.29, 0.717) is 0 Å². The minimum absolute atomic E-state index is 0.755. The molecule has 0 unspecified atom stereocenters. The maximum Gasteiger partial charge on any atom is 0.151 e. The lowest BCUT2D eigenvalue weighted by molar-refractivity contribution is 0.112. The zero-order valence-corrected chi connectivity index (χ0v) is 8.78. The second-order valence-corrected chi connectivity index (χ2v) is 4.52. The number of carbonyl (C=O) groups excluding carboxylic acids is 1. The van der Waals surface area contributed by atoms with E-state index < -0.39 is 0 Å². The third-order valence-electron chi connectivity index (χ3n) is 2.02. The predicted octanol–water partition coefficient (Wildman–Crippen LogP) is 3.31. The lowest BCUT2D eigenvalue weighted by Crippen LogP contribution is -1.77. The summed E-state index contributed by atoms with van der Waals surface area (Å²) in [7, 11) is 0. The van der Waals surface area contributed by atoms with E-state index in [4.69, 9.17) is 0 Å². The van der Waals surface area contributed by atoms with Crippen molar-refractivity contribution >= 4 is 40.3 Å². The number of carbonyl (C=O) groups is 1. The molecule has 0 aliphatic carbocycles. The first-order valence-electron chi connectivity index (χ1n) is 3.90. The third-order valence-corrected chi connectivity index (χ3v) is 3.91. The van der Waals surface area contributed by atoms with Gasteiger partial charge in [-0.3, -0.25) is 4.79 Å². The molecule has 0 saturated heterocycles. The summed E-state index contributed by atoms with van der Waals surface area (Å²) in [6.07, 6.45) is 0.894. The first-order valence-corrected chi connectivity index (χ1v) is 5.16. The molecule has 1 nitrogen and oxygen atoms in total. The zero-order chi connectivity index (χ0) is 9.42. The molecule has 0 fully saturated rings. The van der Waals surface area contributed by atoms with Gasteiger partial charge in [0.15, 0.2) is 6.29 Å². The van der Waals surface area contributed by atoms with Crippen LogP contribution in [0.5, 0.6) is 0 Å². The lowest BCUT2D eigenvalue weighted by Gasteiger charge is -1.92. The summed E-state index contributed by atoms with van der Waals surface area (Å²) in [5.74, 6) is 0. The molecule has 0 saturated carbocycles. The van der Waals surface area contributed by atoms with E-state index in [1.165, 1.54) is 0 Å². The van der Waals surface area contributed by atoms with Crippen LogP contribution >= 0.6 is 24.0 Å². The SMILES string of the molecule is Cc1sc2c(C=O)cccc2c1S. The van der Waals surface area contributed by atoms with Crippen LogP contribution in [0.1, 0.15) is 15.2 Å². The van der Waals surface area contributed by atoms with E-state index in [0.717, 1.165) is 31.7 Å². The molecule has 0 bridgehead atoms. The Kier molecular flexibility index (Phi) is 2.14. The summed E-state index contributed by atoms with van der Waals surface area (Å²) in [5, 5.41) is 1.08. The van der Waals surface area contributed by atoms with Gasteiger partial charge < -0.3 is 0 Å². The second kappa shape index (κ2) is 3.16. The van der Waals surface area contributed by atoms with E-state index in [9.17, 15) is 4.79 Å². The van der Waals surface area contributed by atoms with E-state index in [-0.39, 0.29) is 0 Å². The molecule has 13 heavy (non-hydrogen) atoms. The van der Waals surface area contributed by atoms with Gasteiger partial charge in [0, 0.05) is 25.4 Å². The first-order chi connectivity index (χ1) is 6.24. The molecule has 0 spiro atoms. The van der Waals surface area contributed by atoms with Gasteiger partial charge in [0.2, 0.25) is 0 Å². The van der Waals surface area contributed by atoms with Crippen molar-refractivity contribution in [2.75, 3.05) is 0 Å². The summed E-state index contributed by atoms with van der Waals surface area (Å²) >= 11 is 6.02. The Hall–Kier alpha value is -0.800. The molecule has 1 aromatic heterocycles. The van der Waals surface area contributed by atoms with Crippen LogP contribution in [0, 0.1) is 6.92 Å². The monoisotopic (exact) mass is 208 g/mol. The summed E-state index contributed by atoms with van der Waals surface area (Å²) in [4.78, 5) is 12.9. The highest BCUT2D eigenvalue weighted by Gasteiger charge is 2.07. The minimum Gasteiger partial charge on any atom is -0.298 e. The molecule has 0 aliphatic rings. The molecule has 0 N–H and O–H groups in total. The van der Waals surface area contributed by atoms with Gasteiger partial charge in [-0.15, -0.1) is 24.0 Å². The Morgan fingerprint density at radius 3 is 2.92 bits per heavy atom. The fraction of sp³-hybridized carbons (Fsp3) is 0.100. The predicted molar refractivity (Wildman–Crippen MR) is 59.2 cm³/mol. The Labute approximate surface area is 85.8 Å². The van der Waals surface area contributed by atoms with Crippen LogP contribution in [0.4, 0.5) is 0 Å². The van der Waals surface area contributed by atoms with Crippen molar-refractivity contribution in [1.82, 2.24) is 0 Å². The minimum atomic E-state index is 0.755. The number of fused-ring (bicyclic) bond motifs is 1. The highest BCUT2D eigenvalue weighted by molar-refractivity contribution is 7.80. The Balaban J connectivity index is 2.92. The average Bonchev–Trinajstić information content (AvgIpc) is 2.43. The highest BCUT2D eigenvalue weighted by atomic mass is 32.1. The van der Waals surface area contributed by atoms with Crippen LogP contribution in [0.3, 0.4) is 0 Å². The van der Waals surface area contributed by atoms with Gasteiger partial charge in [-0.05, 0) is 6.92 Å². The van der Waals surface area contributed by atoms with E-state index in [2.05, 4.69) is 12.6 Å². The number of thiophene rings is 1. The Morgan fingerprint density at radius 2 is 2.23 bits per heavy atom.